The van der Waals surface area contributed by atoms with E-state index in [1.165, 1.54) is 7.11 Å². The van der Waals surface area contributed by atoms with Gasteiger partial charge in [0.2, 0.25) is 0 Å². The van der Waals surface area contributed by atoms with Crippen molar-refractivity contribution in [3.8, 4) is 5.75 Å². The first-order valence-electron chi connectivity index (χ1n) is 10.6. The number of hydrogen-bond acceptors (Lipinski definition) is 6. The molecule has 34 heavy (non-hydrogen) atoms. The number of nitrogens with one attached hydrogen (secondary N) is 1. The zero-order chi connectivity index (χ0) is 24.1. The number of imide groups is 1. The number of hydrogen-bond donors (Lipinski definition) is 1. The molecule has 0 spiro atoms. The van der Waals surface area contributed by atoms with Gasteiger partial charge in [-0.1, -0.05) is 48.5 Å². The third-order valence-corrected chi connectivity index (χ3v) is 5.38. The molecule has 1 aliphatic rings. The number of ether oxygens (including phenoxy) is 2. The van der Waals surface area contributed by atoms with Crippen molar-refractivity contribution in [2.45, 2.75) is 12.5 Å². The molecule has 0 saturated heterocycles. The molecule has 3 amide bonds. The Morgan fingerprint density at radius 2 is 1.53 bits per heavy atom. The van der Waals surface area contributed by atoms with Crippen LogP contribution in [0.25, 0.3) is 0 Å². The van der Waals surface area contributed by atoms with Crippen molar-refractivity contribution in [3.63, 3.8) is 0 Å². The monoisotopic (exact) mass is 458 g/mol. The van der Waals surface area contributed by atoms with Gasteiger partial charge < -0.3 is 14.8 Å². The summed E-state index contributed by atoms with van der Waals surface area (Å²) in [6.45, 7) is -0.579. The number of benzene rings is 3. The van der Waals surface area contributed by atoms with Crippen LogP contribution in [0.1, 0.15) is 26.3 Å². The Hall–Kier alpha value is -4.46. The van der Waals surface area contributed by atoms with Crippen LogP contribution in [0.15, 0.2) is 78.9 Å². The van der Waals surface area contributed by atoms with Crippen LogP contribution in [-0.4, -0.2) is 48.3 Å². The molecule has 3 aromatic rings. The van der Waals surface area contributed by atoms with Crippen LogP contribution >= 0.6 is 0 Å². The van der Waals surface area contributed by atoms with Gasteiger partial charge in [-0.25, -0.2) is 4.79 Å². The van der Waals surface area contributed by atoms with E-state index in [1.54, 1.807) is 72.8 Å². The fraction of sp³-hybridized carbons (Fsp3) is 0.154. The summed E-state index contributed by atoms with van der Waals surface area (Å²) in [4.78, 5) is 52.3. The zero-order valence-electron chi connectivity index (χ0n) is 18.4. The molecule has 0 unspecified atom stereocenters. The van der Waals surface area contributed by atoms with E-state index >= 15 is 0 Å². The Kier molecular flexibility index (Phi) is 6.68. The Morgan fingerprint density at radius 1 is 0.882 bits per heavy atom. The van der Waals surface area contributed by atoms with Gasteiger partial charge in [0.15, 0.2) is 6.61 Å². The van der Waals surface area contributed by atoms with E-state index in [0.29, 0.717) is 11.4 Å². The third kappa shape index (κ3) is 4.80. The largest absolute Gasteiger partial charge is 0.497 e. The molecule has 0 fully saturated rings. The number of carbonyl (C=O) groups is 4. The van der Waals surface area contributed by atoms with Crippen LogP contribution in [0.3, 0.4) is 0 Å². The topological polar surface area (TPSA) is 102 Å². The number of nitrogens with zero attached hydrogens (tertiary/aromatic N) is 1. The molecule has 0 radical (unpaired) electrons. The van der Waals surface area contributed by atoms with Gasteiger partial charge in [0.1, 0.15) is 11.8 Å². The number of esters is 1. The lowest BCUT2D eigenvalue weighted by Crippen LogP contribution is -2.47. The highest BCUT2D eigenvalue weighted by Crippen LogP contribution is 2.26. The second-order valence-corrected chi connectivity index (χ2v) is 7.62. The maximum absolute atomic E-state index is 13.1. The van der Waals surface area contributed by atoms with Crippen LogP contribution in [0.5, 0.6) is 5.75 Å². The van der Waals surface area contributed by atoms with Gasteiger partial charge >= 0.3 is 5.97 Å². The van der Waals surface area contributed by atoms with E-state index in [9.17, 15) is 19.2 Å². The molecule has 172 valence electrons. The minimum atomic E-state index is -1.22. The van der Waals surface area contributed by atoms with E-state index in [0.717, 1.165) is 10.5 Å². The fourth-order valence-corrected chi connectivity index (χ4v) is 3.74. The number of fused-ring (bicyclic) bond motifs is 1. The summed E-state index contributed by atoms with van der Waals surface area (Å²) >= 11 is 0. The van der Waals surface area contributed by atoms with Crippen LogP contribution in [-0.2, 0) is 20.7 Å². The number of anilines is 1. The highest BCUT2D eigenvalue weighted by Gasteiger charge is 2.43. The number of methoxy groups -OCH3 is 1. The average Bonchev–Trinajstić information content (AvgIpc) is 3.11. The molecule has 4 rings (SSSR count). The van der Waals surface area contributed by atoms with E-state index in [2.05, 4.69) is 5.32 Å². The Labute approximate surface area is 196 Å². The summed E-state index contributed by atoms with van der Waals surface area (Å²) in [7, 11) is 1.51. The summed E-state index contributed by atoms with van der Waals surface area (Å²) in [6, 6.07) is 20.9. The molecule has 1 heterocycles. The summed E-state index contributed by atoms with van der Waals surface area (Å²) < 4.78 is 10.4. The molecule has 0 aromatic heterocycles. The van der Waals surface area contributed by atoms with Gasteiger partial charge in [-0.3, -0.25) is 19.3 Å². The smallest absolute Gasteiger partial charge is 0.330 e. The number of amides is 3. The molecular formula is C26H22N2O6. The minimum Gasteiger partial charge on any atom is -0.497 e. The highest BCUT2D eigenvalue weighted by molar-refractivity contribution is 6.22. The van der Waals surface area contributed by atoms with Crippen molar-refractivity contribution in [1.82, 2.24) is 4.90 Å². The maximum atomic E-state index is 13.1. The first-order valence-corrected chi connectivity index (χ1v) is 10.6. The van der Waals surface area contributed by atoms with Gasteiger partial charge in [0, 0.05) is 18.2 Å². The molecule has 1 atom stereocenters. The van der Waals surface area contributed by atoms with Crippen molar-refractivity contribution < 1.29 is 28.7 Å². The van der Waals surface area contributed by atoms with Gasteiger partial charge in [-0.05, 0) is 29.8 Å². The van der Waals surface area contributed by atoms with Crippen molar-refractivity contribution in [3.05, 3.63) is 95.6 Å². The molecular weight excluding hydrogens is 436 g/mol. The number of carbonyl (C=O) groups excluding carboxylic acids is 4. The summed E-state index contributed by atoms with van der Waals surface area (Å²) in [6.07, 6.45) is 0.0582. The van der Waals surface area contributed by atoms with E-state index < -0.39 is 36.3 Å². The average molecular weight is 458 g/mol. The molecule has 1 aliphatic heterocycles. The van der Waals surface area contributed by atoms with Gasteiger partial charge in [-0.2, -0.15) is 0 Å². The van der Waals surface area contributed by atoms with Gasteiger partial charge in [-0.15, -0.1) is 0 Å². The summed E-state index contributed by atoms with van der Waals surface area (Å²) in [5.41, 5.74) is 1.67. The lowest BCUT2D eigenvalue weighted by Gasteiger charge is -2.24. The Morgan fingerprint density at radius 3 is 2.18 bits per heavy atom. The molecule has 0 saturated carbocycles. The van der Waals surface area contributed by atoms with Gasteiger partial charge in [0.05, 0.1) is 18.2 Å². The third-order valence-electron chi connectivity index (χ3n) is 5.38. The first kappa shape index (κ1) is 22.7. The molecule has 8 nitrogen and oxygen atoms in total. The van der Waals surface area contributed by atoms with Crippen molar-refractivity contribution in [2.75, 3.05) is 19.0 Å². The molecule has 3 aromatic carbocycles. The van der Waals surface area contributed by atoms with Crippen LogP contribution in [0.4, 0.5) is 5.69 Å². The minimum absolute atomic E-state index is 0.0582. The second-order valence-electron chi connectivity index (χ2n) is 7.62. The Bertz CT molecular complexity index is 1210. The maximum Gasteiger partial charge on any atom is 0.330 e. The Balaban J connectivity index is 1.50. The van der Waals surface area contributed by atoms with Crippen LogP contribution < -0.4 is 10.1 Å². The lowest BCUT2D eigenvalue weighted by atomic mass is 10.0. The summed E-state index contributed by atoms with van der Waals surface area (Å²) in [5, 5.41) is 2.62. The van der Waals surface area contributed by atoms with Crippen molar-refractivity contribution in [1.29, 1.82) is 0 Å². The standard InChI is InChI=1S/C26H22N2O6/c1-33-19-11-7-10-18(15-19)27-23(29)16-34-26(32)22(14-17-8-3-2-4-9-17)28-24(30)20-12-5-6-13-21(20)25(28)31/h2-13,15,22H,14,16H2,1H3,(H,27,29)/t22-/m1/s1. The van der Waals surface area contributed by atoms with Crippen LogP contribution in [0, 0.1) is 0 Å². The predicted octanol–water partition coefficient (Wildman–Crippen LogP) is 3.08. The molecule has 8 heteroatoms. The second kappa shape index (κ2) is 9.99. The zero-order valence-corrected chi connectivity index (χ0v) is 18.4. The van der Waals surface area contributed by atoms with E-state index in [1.807, 2.05) is 6.07 Å². The van der Waals surface area contributed by atoms with Crippen molar-refractivity contribution in [2.24, 2.45) is 0 Å². The predicted molar refractivity (Wildman–Crippen MR) is 123 cm³/mol. The van der Waals surface area contributed by atoms with Gasteiger partial charge in [0.25, 0.3) is 17.7 Å². The molecule has 1 N–H and O–H groups in total. The lowest BCUT2D eigenvalue weighted by molar-refractivity contribution is -0.151. The fourth-order valence-electron chi connectivity index (χ4n) is 3.74. The summed E-state index contributed by atoms with van der Waals surface area (Å²) in [5.74, 6) is -2.00. The van der Waals surface area contributed by atoms with Crippen LogP contribution in [0.2, 0.25) is 0 Å². The van der Waals surface area contributed by atoms with E-state index in [-0.39, 0.29) is 17.5 Å². The first-order chi connectivity index (χ1) is 16.5. The van der Waals surface area contributed by atoms with Crippen molar-refractivity contribution >= 4 is 29.4 Å². The normalized spacial score (nSPS) is 13.3. The molecule has 0 bridgehead atoms. The highest BCUT2D eigenvalue weighted by atomic mass is 16.5. The SMILES string of the molecule is COc1cccc(NC(=O)COC(=O)[C@@H](Cc2ccccc2)N2C(=O)c3ccccc3C2=O)c1. The van der Waals surface area contributed by atoms with E-state index in [4.69, 9.17) is 9.47 Å². The quantitative estimate of drug-likeness (QED) is 0.411. The molecule has 0 aliphatic carbocycles. The number of rotatable bonds is 8.